The lowest BCUT2D eigenvalue weighted by Gasteiger charge is -2.09. The highest BCUT2D eigenvalue weighted by Crippen LogP contribution is 2.22. The third-order valence-corrected chi connectivity index (χ3v) is 3.23. The van der Waals surface area contributed by atoms with E-state index in [0.717, 1.165) is 0 Å². The highest BCUT2D eigenvalue weighted by molar-refractivity contribution is 7.84. The molecule has 8 heteroatoms. The van der Waals surface area contributed by atoms with Crippen molar-refractivity contribution in [2.24, 2.45) is 0 Å². The molecule has 1 atom stereocenters. The van der Waals surface area contributed by atoms with Gasteiger partial charge in [-0.3, -0.25) is 4.21 Å². The van der Waals surface area contributed by atoms with Crippen molar-refractivity contribution in [1.29, 1.82) is 0 Å². The topological polar surface area (TPSA) is 95.5 Å². The molecule has 0 aromatic heterocycles. The summed E-state index contributed by atoms with van der Waals surface area (Å²) in [4.78, 5) is 22.2. The van der Waals surface area contributed by atoms with Gasteiger partial charge in [-0.05, 0) is 18.2 Å². The number of aromatic carboxylic acids is 1. The lowest BCUT2D eigenvalue weighted by Crippen LogP contribution is -2.31. The van der Waals surface area contributed by atoms with Crippen LogP contribution in [0.4, 0.5) is 10.5 Å². The van der Waals surface area contributed by atoms with Crippen molar-refractivity contribution in [3.63, 3.8) is 0 Å². The fraction of sp³-hybridized carbons (Fsp3) is 0.273. The zero-order valence-corrected chi connectivity index (χ0v) is 11.7. The zero-order chi connectivity index (χ0) is 14.4. The van der Waals surface area contributed by atoms with Crippen LogP contribution in [-0.4, -0.2) is 39.9 Å². The van der Waals surface area contributed by atoms with E-state index in [4.69, 9.17) is 16.7 Å². The van der Waals surface area contributed by atoms with Gasteiger partial charge in [0.15, 0.2) is 0 Å². The van der Waals surface area contributed by atoms with Crippen molar-refractivity contribution in [3.05, 3.63) is 28.8 Å². The Bertz CT molecular complexity index is 521. The molecule has 0 saturated heterocycles. The van der Waals surface area contributed by atoms with E-state index < -0.39 is 22.8 Å². The molecule has 0 fully saturated rings. The molecule has 0 bridgehead atoms. The highest BCUT2D eigenvalue weighted by Gasteiger charge is 2.09. The molecule has 104 valence electrons. The lowest BCUT2D eigenvalue weighted by molar-refractivity contribution is 0.0697. The summed E-state index contributed by atoms with van der Waals surface area (Å²) >= 11 is 5.85. The number of urea groups is 1. The van der Waals surface area contributed by atoms with Gasteiger partial charge in [-0.25, -0.2) is 9.59 Å². The molecule has 0 aliphatic heterocycles. The Morgan fingerprint density at radius 2 is 2.11 bits per heavy atom. The summed E-state index contributed by atoms with van der Waals surface area (Å²) < 4.78 is 10.8. The molecule has 0 aliphatic carbocycles. The van der Waals surface area contributed by atoms with Crippen LogP contribution in [0.1, 0.15) is 10.4 Å². The van der Waals surface area contributed by atoms with Crippen molar-refractivity contribution in [2.75, 3.05) is 23.9 Å². The Kier molecular flexibility index (Phi) is 5.78. The fourth-order valence-corrected chi connectivity index (χ4v) is 1.84. The third-order valence-electron chi connectivity index (χ3n) is 2.14. The van der Waals surface area contributed by atoms with Gasteiger partial charge in [-0.1, -0.05) is 11.6 Å². The maximum absolute atomic E-state index is 11.5. The Hall–Kier alpha value is -1.60. The number of hydrogen-bond acceptors (Lipinski definition) is 3. The van der Waals surface area contributed by atoms with Gasteiger partial charge >= 0.3 is 12.0 Å². The normalized spacial score (nSPS) is 11.7. The van der Waals surface area contributed by atoms with Gasteiger partial charge in [0.25, 0.3) is 0 Å². The maximum atomic E-state index is 11.5. The number of hydrogen-bond donors (Lipinski definition) is 3. The molecule has 19 heavy (non-hydrogen) atoms. The van der Waals surface area contributed by atoms with Gasteiger partial charge in [-0.15, -0.1) is 0 Å². The predicted molar refractivity (Wildman–Crippen MR) is 74.4 cm³/mol. The van der Waals surface area contributed by atoms with Gasteiger partial charge in [-0.2, -0.15) is 0 Å². The van der Waals surface area contributed by atoms with Crippen LogP contribution in [0.5, 0.6) is 0 Å². The highest BCUT2D eigenvalue weighted by atomic mass is 35.5. The average Bonchev–Trinajstić information content (AvgIpc) is 2.31. The molecular formula is C11H13ClN2O4S. The van der Waals surface area contributed by atoms with Gasteiger partial charge in [0.2, 0.25) is 0 Å². The lowest BCUT2D eigenvalue weighted by atomic mass is 10.2. The number of amides is 2. The van der Waals surface area contributed by atoms with Crippen LogP contribution in [0, 0.1) is 0 Å². The quantitative estimate of drug-likeness (QED) is 0.769. The van der Waals surface area contributed by atoms with Crippen molar-refractivity contribution >= 4 is 40.1 Å². The van der Waals surface area contributed by atoms with Crippen LogP contribution < -0.4 is 10.6 Å². The van der Waals surface area contributed by atoms with E-state index in [1.54, 1.807) is 6.26 Å². The second-order valence-corrected chi connectivity index (χ2v) is 5.62. The molecule has 1 aromatic rings. The largest absolute Gasteiger partial charge is 0.478 e. The first kappa shape index (κ1) is 15.5. The first-order valence-corrected chi connectivity index (χ1v) is 7.38. The standard InChI is InChI=1S/C11H13ClN2O4S/c1-19(18)5-4-13-11(17)14-9-3-2-7(10(15)16)6-8(9)12/h2-3,6H,4-5H2,1H3,(H,15,16)(H2,13,14,17). The van der Waals surface area contributed by atoms with Crippen LogP contribution in [0.15, 0.2) is 18.2 Å². The van der Waals surface area contributed by atoms with E-state index in [2.05, 4.69) is 10.6 Å². The minimum absolute atomic E-state index is 0.0392. The molecule has 0 spiro atoms. The number of rotatable bonds is 5. The van der Waals surface area contributed by atoms with Crippen molar-refractivity contribution < 1.29 is 18.9 Å². The van der Waals surface area contributed by atoms with Gasteiger partial charge in [0, 0.05) is 29.4 Å². The number of carboxylic acid groups (broad SMARTS) is 1. The summed E-state index contributed by atoms with van der Waals surface area (Å²) in [7, 11) is -0.975. The molecule has 3 N–H and O–H groups in total. The molecule has 6 nitrogen and oxygen atoms in total. The molecule has 0 aliphatic rings. The van der Waals surface area contributed by atoms with Crippen LogP contribution in [0.25, 0.3) is 0 Å². The number of anilines is 1. The fourth-order valence-electron chi connectivity index (χ4n) is 1.22. The monoisotopic (exact) mass is 304 g/mol. The molecule has 0 saturated carbocycles. The van der Waals surface area contributed by atoms with Gasteiger partial charge < -0.3 is 15.7 Å². The summed E-state index contributed by atoms with van der Waals surface area (Å²) in [5.41, 5.74) is 0.346. The Labute approximate surface area is 117 Å². The maximum Gasteiger partial charge on any atom is 0.335 e. The number of carbonyl (C=O) groups is 2. The van der Waals surface area contributed by atoms with E-state index in [9.17, 15) is 13.8 Å². The molecular weight excluding hydrogens is 292 g/mol. The average molecular weight is 305 g/mol. The molecule has 1 rings (SSSR count). The first-order chi connectivity index (χ1) is 8.90. The summed E-state index contributed by atoms with van der Waals surface area (Å²) in [6.07, 6.45) is 1.54. The molecule has 1 unspecified atom stereocenters. The van der Waals surface area contributed by atoms with Crippen LogP contribution in [0.2, 0.25) is 5.02 Å². The van der Waals surface area contributed by atoms with Crippen LogP contribution in [-0.2, 0) is 10.8 Å². The van der Waals surface area contributed by atoms with Crippen molar-refractivity contribution in [1.82, 2.24) is 5.32 Å². The summed E-state index contributed by atoms with van der Waals surface area (Å²) in [5, 5.41) is 13.9. The van der Waals surface area contributed by atoms with E-state index in [-0.39, 0.29) is 17.1 Å². The van der Waals surface area contributed by atoms with Crippen molar-refractivity contribution in [2.45, 2.75) is 0 Å². The smallest absolute Gasteiger partial charge is 0.335 e. The van der Waals surface area contributed by atoms with E-state index in [1.807, 2.05) is 0 Å². The molecule has 0 heterocycles. The summed E-state index contributed by atoms with van der Waals surface area (Å²) in [6, 6.07) is 3.50. The number of carbonyl (C=O) groups excluding carboxylic acids is 1. The second-order valence-electron chi connectivity index (χ2n) is 3.66. The van der Waals surface area contributed by atoms with Crippen LogP contribution in [0.3, 0.4) is 0 Å². The Morgan fingerprint density at radius 3 is 2.63 bits per heavy atom. The summed E-state index contributed by atoms with van der Waals surface area (Å²) in [6.45, 7) is 0.278. The van der Waals surface area contributed by atoms with E-state index in [1.165, 1.54) is 18.2 Å². The first-order valence-electron chi connectivity index (χ1n) is 5.28. The minimum atomic E-state index is -1.09. The second kappa shape index (κ2) is 7.10. The van der Waals surface area contributed by atoms with E-state index >= 15 is 0 Å². The Balaban J connectivity index is 2.59. The molecule has 1 aromatic carbocycles. The zero-order valence-electron chi connectivity index (χ0n) is 10.1. The predicted octanol–water partition coefficient (Wildman–Crippen LogP) is 1.54. The van der Waals surface area contributed by atoms with Gasteiger partial charge in [0.05, 0.1) is 16.3 Å². The third kappa shape index (κ3) is 5.27. The SMILES string of the molecule is CS(=O)CCNC(=O)Nc1ccc(C(=O)O)cc1Cl. The number of halogens is 1. The number of nitrogens with one attached hydrogen (secondary N) is 2. The summed E-state index contributed by atoms with van der Waals surface area (Å²) in [5.74, 6) is -0.734. The van der Waals surface area contributed by atoms with Crippen molar-refractivity contribution in [3.8, 4) is 0 Å². The van der Waals surface area contributed by atoms with Crippen LogP contribution >= 0.6 is 11.6 Å². The number of carboxylic acids is 1. The minimum Gasteiger partial charge on any atom is -0.478 e. The molecule has 2 amide bonds. The Morgan fingerprint density at radius 1 is 1.42 bits per heavy atom. The molecule has 0 radical (unpaired) electrons. The van der Waals surface area contributed by atoms with E-state index in [0.29, 0.717) is 11.4 Å². The number of benzene rings is 1. The van der Waals surface area contributed by atoms with Gasteiger partial charge in [0.1, 0.15) is 0 Å².